The van der Waals surface area contributed by atoms with Crippen molar-refractivity contribution in [3.05, 3.63) is 72.8 Å². The van der Waals surface area contributed by atoms with Gasteiger partial charge in [-0.25, -0.2) is 9.97 Å². The number of rotatable bonds is 6. The highest BCUT2D eigenvalue weighted by molar-refractivity contribution is 5.73. The van der Waals surface area contributed by atoms with Crippen LogP contribution < -0.4 is 21.7 Å². The molecule has 0 spiro atoms. The Morgan fingerprint density at radius 3 is 2.41 bits per heavy atom. The number of benzene rings is 2. The van der Waals surface area contributed by atoms with E-state index in [1.807, 2.05) is 42.6 Å². The summed E-state index contributed by atoms with van der Waals surface area (Å²) in [5.41, 5.74) is 11.2. The van der Waals surface area contributed by atoms with Crippen LogP contribution in [0.2, 0.25) is 0 Å². The van der Waals surface area contributed by atoms with E-state index in [0.29, 0.717) is 28.9 Å². The Morgan fingerprint density at radius 2 is 1.68 bits per heavy atom. The minimum atomic E-state index is 0.435. The minimum Gasteiger partial charge on any atom is -0.399 e. The fraction of sp³-hybridized carbons (Fsp3) is 0.200. The molecule has 9 heteroatoms. The second-order valence-corrected chi connectivity index (χ2v) is 8.23. The number of nitrogens with one attached hydrogen (secondary N) is 3. The first kappa shape index (κ1) is 21.4. The summed E-state index contributed by atoms with van der Waals surface area (Å²) in [6.45, 7) is 2.05. The van der Waals surface area contributed by atoms with Crippen molar-refractivity contribution in [2.45, 2.75) is 18.9 Å². The van der Waals surface area contributed by atoms with Gasteiger partial charge in [0.15, 0.2) is 0 Å². The van der Waals surface area contributed by atoms with Gasteiger partial charge in [0, 0.05) is 46.8 Å². The van der Waals surface area contributed by atoms with Gasteiger partial charge in [-0.05, 0) is 68.4 Å². The molecule has 0 saturated carbocycles. The number of aromatic nitrogens is 4. The Morgan fingerprint density at radius 1 is 0.941 bits per heavy atom. The number of nitrogens with zero attached hydrogens (tertiary/aromatic N) is 5. The van der Waals surface area contributed by atoms with Crippen LogP contribution in [0.1, 0.15) is 24.4 Å². The summed E-state index contributed by atoms with van der Waals surface area (Å²) in [4.78, 5) is 8.94. The molecule has 2 aromatic carbocycles. The first-order chi connectivity index (χ1) is 16.7. The molecule has 1 aliphatic rings. The summed E-state index contributed by atoms with van der Waals surface area (Å²) in [6.07, 6.45) is 9.67. The summed E-state index contributed by atoms with van der Waals surface area (Å²) in [6, 6.07) is 15.4. The van der Waals surface area contributed by atoms with Crippen LogP contribution in [0.4, 0.5) is 28.7 Å². The van der Waals surface area contributed by atoms with E-state index in [9.17, 15) is 5.26 Å². The lowest BCUT2D eigenvalue weighted by Gasteiger charge is -2.22. The molecule has 0 atom stereocenters. The van der Waals surface area contributed by atoms with Crippen molar-refractivity contribution in [1.29, 1.82) is 5.26 Å². The quantitative estimate of drug-likeness (QED) is 0.321. The highest BCUT2D eigenvalue weighted by Gasteiger charge is 2.16. The molecule has 34 heavy (non-hydrogen) atoms. The van der Waals surface area contributed by atoms with Crippen molar-refractivity contribution >= 4 is 28.7 Å². The van der Waals surface area contributed by atoms with Crippen molar-refractivity contribution < 1.29 is 0 Å². The second-order valence-electron chi connectivity index (χ2n) is 8.23. The lowest BCUT2D eigenvalue weighted by Crippen LogP contribution is -2.29. The molecule has 5 N–H and O–H groups in total. The van der Waals surface area contributed by atoms with Crippen LogP contribution in [0, 0.1) is 11.3 Å². The monoisotopic (exact) mass is 451 g/mol. The van der Waals surface area contributed by atoms with Gasteiger partial charge in [-0.2, -0.15) is 10.4 Å². The summed E-state index contributed by atoms with van der Waals surface area (Å²) >= 11 is 0. The summed E-state index contributed by atoms with van der Waals surface area (Å²) < 4.78 is 2.05. The topological polar surface area (TPSA) is 130 Å². The molecule has 0 amide bonds. The van der Waals surface area contributed by atoms with Crippen molar-refractivity contribution in [2.75, 3.05) is 29.5 Å². The van der Waals surface area contributed by atoms with Crippen LogP contribution >= 0.6 is 0 Å². The second kappa shape index (κ2) is 9.60. The van der Waals surface area contributed by atoms with E-state index in [0.717, 1.165) is 48.4 Å². The van der Waals surface area contributed by atoms with E-state index < -0.39 is 0 Å². The van der Waals surface area contributed by atoms with Crippen LogP contribution in [0.15, 0.2) is 67.3 Å². The van der Waals surface area contributed by atoms with Gasteiger partial charge >= 0.3 is 0 Å². The van der Waals surface area contributed by atoms with Gasteiger partial charge in [0.2, 0.25) is 5.95 Å². The molecule has 170 valence electrons. The van der Waals surface area contributed by atoms with Gasteiger partial charge < -0.3 is 21.7 Å². The van der Waals surface area contributed by atoms with E-state index in [1.54, 1.807) is 18.5 Å². The van der Waals surface area contributed by atoms with Gasteiger partial charge in [0.25, 0.3) is 0 Å². The third-order valence-electron chi connectivity index (χ3n) is 5.86. The largest absolute Gasteiger partial charge is 0.399 e. The maximum atomic E-state index is 9.48. The van der Waals surface area contributed by atoms with Crippen molar-refractivity contribution in [3.8, 4) is 17.2 Å². The number of nitriles is 1. The number of nitrogen functional groups attached to an aromatic ring is 1. The number of nitrogens with two attached hydrogens (primary N) is 1. The zero-order valence-corrected chi connectivity index (χ0v) is 18.6. The standard InChI is InChI=1S/C25H25N9/c26-12-17-1-4-22(11-24(17)32-21-5-2-20(27)3-6-21)33-25-29-13-18(14-30-25)19-15-31-34(16-19)23-7-9-28-10-8-23/h1-6,11,13-16,23,28,32H,7-10,27H2,(H,29,30,33). The summed E-state index contributed by atoms with van der Waals surface area (Å²) in [7, 11) is 0. The van der Waals surface area contributed by atoms with E-state index in [2.05, 4.69) is 48.0 Å². The van der Waals surface area contributed by atoms with Crippen LogP contribution in [0.5, 0.6) is 0 Å². The molecule has 0 unspecified atom stereocenters. The summed E-state index contributed by atoms with van der Waals surface area (Å²) in [5, 5.41) is 23.9. The zero-order chi connectivity index (χ0) is 23.3. The fourth-order valence-corrected chi connectivity index (χ4v) is 3.97. The predicted octanol–water partition coefficient (Wildman–Crippen LogP) is 4.21. The van der Waals surface area contributed by atoms with Crippen molar-refractivity contribution in [1.82, 2.24) is 25.1 Å². The highest BCUT2D eigenvalue weighted by Crippen LogP contribution is 2.27. The van der Waals surface area contributed by atoms with E-state index >= 15 is 0 Å². The van der Waals surface area contributed by atoms with Crippen LogP contribution in [-0.4, -0.2) is 32.8 Å². The smallest absolute Gasteiger partial charge is 0.227 e. The molecule has 1 fully saturated rings. The maximum Gasteiger partial charge on any atom is 0.227 e. The van der Waals surface area contributed by atoms with Crippen LogP contribution in [-0.2, 0) is 0 Å². The Labute approximate surface area is 197 Å². The highest BCUT2D eigenvalue weighted by atomic mass is 15.3. The fourth-order valence-electron chi connectivity index (χ4n) is 3.97. The lowest BCUT2D eigenvalue weighted by atomic mass is 10.1. The first-order valence-corrected chi connectivity index (χ1v) is 11.2. The number of anilines is 5. The zero-order valence-electron chi connectivity index (χ0n) is 18.6. The van der Waals surface area contributed by atoms with Crippen LogP contribution in [0.25, 0.3) is 11.1 Å². The van der Waals surface area contributed by atoms with Crippen LogP contribution in [0.3, 0.4) is 0 Å². The maximum absolute atomic E-state index is 9.48. The Kier molecular flexibility index (Phi) is 6.05. The Hall–Kier alpha value is -4.42. The van der Waals surface area contributed by atoms with E-state index in [4.69, 9.17) is 5.73 Å². The molecule has 9 nitrogen and oxygen atoms in total. The third kappa shape index (κ3) is 4.82. The molecule has 3 heterocycles. The summed E-state index contributed by atoms with van der Waals surface area (Å²) in [5.74, 6) is 0.470. The van der Waals surface area contributed by atoms with Gasteiger partial charge in [0.05, 0.1) is 23.5 Å². The molecule has 0 aliphatic carbocycles. The molecule has 1 saturated heterocycles. The molecule has 1 aliphatic heterocycles. The SMILES string of the molecule is N#Cc1ccc(Nc2ncc(-c3cnn(C4CCNCC4)c3)cn2)cc1Nc1ccc(N)cc1. The molecule has 0 radical (unpaired) electrons. The molecule has 0 bridgehead atoms. The normalized spacial score (nSPS) is 13.9. The molecule has 4 aromatic rings. The predicted molar refractivity (Wildman–Crippen MR) is 133 cm³/mol. The molecular weight excluding hydrogens is 426 g/mol. The van der Waals surface area contributed by atoms with Gasteiger partial charge in [-0.3, -0.25) is 4.68 Å². The van der Waals surface area contributed by atoms with E-state index in [-0.39, 0.29) is 0 Å². The third-order valence-corrected chi connectivity index (χ3v) is 5.86. The van der Waals surface area contributed by atoms with Gasteiger partial charge in [0.1, 0.15) is 6.07 Å². The average molecular weight is 452 g/mol. The average Bonchev–Trinajstić information content (AvgIpc) is 3.37. The van der Waals surface area contributed by atoms with Gasteiger partial charge in [-0.15, -0.1) is 0 Å². The lowest BCUT2D eigenvalue weighted by molar-refractivity contribution is 0.343. The van der Waals surface area contributed by atoms with E-state index in [1.165, 1.54) is 0 Å². The molecule has 5 rings (SSSR count). The number of hydrogen-bond donors (Lipinski definition) is 4. The Balaban J connectivity index is 1.29. The first-order valence-electron chi connectivity index (χ1n) is 11.2. The number of piperidine rings is 1. The van der Waals surface area contributed by atoms with Crippen molar-refractivity contribution in [2.24, 2.45) is 0 Å². The Bertz CT molecular complexity index is 1300. The minimum absolute atomic E-state index is 0.435. The molecular formula is C25H25N9. The number of hydrogen-bond acceptors (Lipinski definition) is 8. The van der Waals surface area contributed by atoms with Crippen molar-refractivity contribution in [3.63, 3.8) is 0 Å². The van der Waals surface area contributed by atoms with Gasteiger partial charge in [-0.1, -0.05) is 0 Å². The molecule has 2 aromatic heterocycles.